The number of ether oxygens (including phenoxy) is 1. The molecule has 0 radical (unpaired) electrons. The molecule has 1 aliphatic rings. The number of nitrogen functional groups attached to an aromatic ring is 1. The lowest BCUT2D eigenvalue weighted by Gasteiger charge is -2.27. The molecule has 1 fully saturated rings. The van der Waals surface area contributed by atoms with Crippen molar-refractivity contribution in [2.45, 2.75) is 0 Å². The summed E-state index contributed by atoms with van der Waals surface area (Å²) in [5, 5.41) is 9.60. The summed E-state index contributed by atoms with van der Waals surface area (Å²) in [6, 6.07) is 4.49. The molecule has 16 heavy (non-hydrogen) atoms. The first kappa shape index (κ1) is 10.8. The number of phenols is 1. The maximum Gasteiger partial charge on any atom is 0.257 e. The number of nitrogens with zero attached hydrogens (tertiary/aromatic N) is 1. The quantitative estimate of drug-likeness (QED) is 0.534. The molecule has 86 valence electrons. The summed E-state index contributed by atoms with van der Waals surface area (Å²) in [5.74, 6) is -0.237. The van der Waals surface area contributed by atoms with E-state index >= 15 is 0 Å². The summed E-state index contributed by atoms with van der Waals surface area (Å²) in [7, 11) is 0. The molecule has 1 aliphatic heterocycles. The standard InChI is InChI=1S/C11H14N2O3/c12-8-1-2-10(14)9(7-8)11(15)13-3-5-16-6-4-13/h1-2,7,14H,3-6,12H2. The zero-order chi connectivity index (χ0) is 11.5. The fraction of sp³-hybridized carbons (Fsp3) is 0.364. The second-order valence-electron chi connectivity index (χ2n) is 3.68. The normalized spacial score (nSPS) is 16.1. The molecule has 1 saturated heterocycles. The number of nitrogens with two attached hydrogens (primary N) is 1. The molecule has 0 saturated carbocycles. The molecule has 1 amide bonds. The average molecular weight is 222 g/mol. The molecule has 5 nitrogen and oxygen atoms in total. The van der Waals surface area contributed by atoms with Gasteiger partial charge in [-0.1, -0.05) is 0 Å². The van der Waals surface area contributed by atoms with E-state index in [2.05, 4.69) is 0 Å². The molecule has 2 rings (SSSR count). The third-order valence-corrected chi connectivity index (χ3v) is 2.55. The van der Waals surface area contributed by atoms with Crippen molar-refractivity contribution in [1.82, 2.24) is 4.90 Å². The minimum atomic E-state index is -0.201. The van der Waals surface area contributed by atoms with Crippen LogP contribution in [0.25, 0.3) is 0 Å². The van der Waals surface area contributed by atoms with E-state index in [1.165, 1.54) is 12.1 Å². The van der Waals surface area contributed by atoms with E-state index in [0.29, 0.717) is 32.0 Å². The van der Waals surface area contributed by atoms with Crippen LogP contribution in [0.1, 0.15) is 10.4 Å². The number of carbonyl (C=O) groups is 1. The number of hydrogen-bond acceptors (Lipinski definition) is 4. The Morgan fingerprint density at radius 1 is 1.38 bits per heavy atom. The number of benzene rings is 1. The number of hydrogen-bond donors (Lipinski definition) is 2. The Hall–Kier alpha value is -1.75. The Labute approximate surface area is 93.4 Å². The van der Waals surface area contributed by atoms with Crippen molar-refractivity contribution in [3.8, 4) is 5.75 Å². The molecule has 1 aromatic rings. The number of aromatic hydroxyl groups is 1. The van der Waals surface area contributed by atoms with Crippen molar-refractivity contribution in [2.24, 2.45) is 0 Å². The summed E-state index contributed by atoms with van der Waals surface area (Å²) >= 11 is 0. The monoisotopic (exact) mass is 222 g/mol. The van der Waals surface area contributed by atoms with Crippen LogP contribution in [0.15, 0.2) is 18.2 Å². The number of morpholine rings is 1. The summed E-state index contributed by atoms with van der Waals surface area (Å²) in [6.07, 6.45) is 0. The Balaban J connectivity index is 2.22. The highest BCUT2D eigenvalue weighted by Gasteiger charge is 2.21. The van der Waals surface area contributed by atoms with E-state index in [1.54, 1.807) is 11.0 Å². The van der Waals surface area contributed by atoms with Crippen molar-refractivity contribution < 1.29 is 14.6 Å². The van der Waals surface area contributed by atoms with Crippen LogP contribution < -0.4 is 5.73 Å². The predicted octanol–water partition coefficient (Wildman–Crippen LogP) is 0.447. The van der Waals surface area contributed by atoms with E-state index < -0.39 is 0 Å². The van der Waals surface area contributed by atoms with E-state index in [4.69, 9.17) is 10.5 Å². The number of phenolic OH excluding ortho intramolecular Hbond substituents is 1. The highest BCUT2D eigenvalue weighted by atomic mass is 16.5. The first-order valence-corrected chi connectivity index (χ1v) is 5.14. The molecule has 3 N–H and O–H groups in total. The van der Waals surface area contributed by atoms with Crippen molar-refractivity contribution in [3.63, 3.8) is 0 Å². The smallest absolute Gasteiger partial charge is 0.257 e. The molecule has 5 heteroatoms. The van der Waals surface area contributed by atoms with Gasteiger partial charge in [-0.25, -0.2) is 0 Å². The van der Waals surface area contributed by atoms with Crippen molar-refractivity contribution in [2.75, 3.05) is 32.0 Å². The lowest BCUT2D eigenvalue weighted by Crippen LogP contribution is -2.40. The predicted molar refractivity (Wildman–Crippen MR) is 59.2 cm³/mol. The second-order valence-corrected chi connectivity index (χ2v) is 3.68. The molecule has 0 aromatic heterocycles. The zero-order valence-electron chi connectivity index (χ0n) is 8.85. The Morgan fingerprint density at radius 3 is 2.75 bits per heavy atom. The van der Waals surface area contributed by atoms with Gasteiger partial charge in [0.1, 0.15) is 5.75 Å². The van der Waals surface area contributed by atoms with Crippen LogP contribution in [0, 0.1) is 0 Å². The minimum Gasteiger partial charge on any atom is -0.507 e. The van der Waals surface area contributed by atoms with Gasteiger partial charge in [0.15, 0.2) is 0 Å². The molecule has 0 atom stereocenters. The molecule has 0 spiro atoms. The van der Waals surface area contributed by atoms with Gasteiger partial charge < -0.3 is 20.5 Å². The number of amides is 1. The van der Waals surface area contributed by atoms with E-state index in [1.807, 2.05) is 0 Å². The topological polar surface area (TPSA) is 75.8 Å². The lowest BCUT2D eigenvalue weighted by atomic mass is 10.1. The summed E-state index contributed by atoms with van der Waals surface area (Å²) in [6.45, 7) is 2.17. The first-order valence-electron chi connectivity index (χ1n) is 5.14. The van der Waals surface area contributed by atoms with Crippen LogP contribution in [-0.4, -0.2) is 42.2 Å². The van der Waals surface area contributed by atoms with E-state index in [0.717, 1.165) is 0 Å². The van der Waals surface area contributed by atoms with Gasteiger partial charge in [0.2, 0.25) is 0 Å². The Kier molecular flexibility index (Phi) is 2.96. The molecular weight excluding hydrogens is 208 g/mol. The van der Waals surface area contributed by atoms with Crippen LogP contribution in [0.2, 0.25) is 0 Å². The first-order chi connectivity index (χ1) is 7.68. The molecule has 0 aliphatic carbocycles. The van der Waals surface area contributed by atoms with Crippen molar-refractivity contribution in [3.05, 3.63) is 23.8 Å². The molecule has 0 unspecified atom stereocenters. The van der Waals surface area contributed by atoms with Crippen LogP contribution in [0.3, 0.4) is 0 Å². The van der Waals surface area contributed by atoms with Gasteiger partial charge in [-0.05, 0) is 18.2 Å². The highest BCUT2D eigenvalue weighted by molar-refractivity contribution is 5.97. The third-order valence-electron chi connectivity index (χ3n) is 2.55. The van der Waals surface area contributed by atoms with Gasteiger partial charge in [-0.2, -0.15) is 0 Å². The Morgan fingerprint density at radius 2 is 2.06 bits per heavy atom. The van der Waals surface area contributed by atoms with Gasteiger partial charge in [0.05, 0.1) is 18.8 Å². The summed E-state index contributed by atoms with van der Waals surface area (Å²) in [4.78, 5) is 13.7. The second kappa shape index (κ2) is 4.40. The SMILES string of the molecule is Nc1ccc(O)c(C(=O)N2CCOCC2)c1. The fourth-order valence-corrected chi connectivity index (χ4v) is 1.66. The summed E-state index contributed by atoms with van der Waals surface area (Å²) in [5.41, 5.74) is 6.31. The van der Waals surface area contributed by atoms with Crippen LogP contribution in [-0.2, 0) is 4.74 Å². The average Bonchev–Trinajstić information content (AvgIpc) is 2.32. The number of carbonyl (C=O) groups excluding carboxylic acids is 1. The molecule has 1 aromatic carbocycles. The van der Waals surface area contributed by atoms with E-state index in [9.17, 15) is 9.90 Å². The largest absolute Gasteiger partial charge is 0.507 e. The lowest BCUT2D eigenvalue weighted by molar-refractivity contribution is 0.0301. The maximum atomic E-state index is 12.0. The molecule has 1 heterocycles. The van der Waals surface area contributed by atoms with Gasteiger partial charge >= 0.3 is 0 Å². The zero-order valence-corrected chi connectivity index (χ0v) is 8.85. The van der Waals surface area contributed by atoms with E-state index in [-0.39, 0.29) is 17.2 Å². The van der Waals surface area contributed by atoms with Crippen LogP contribution >= 0.6 is 0 Å². The van der Waals surface area contributed by atoms with Gasteiger partial charge in [-0.15, -0.1) is 0 Å². The van der Waals surface area contributed by atoms with Gasteiger partial charge in [0.25, 0.3) is 5.91 Å². The number of rotatable bonds is 1. The van der Waals surface area contributed by atoms with Crippen LogP contribution in [0.5, 0.6) is 5.75 Å². The van der Waals surface area contributed by atoms with Gasteiger partial charge in [-0.3, -0.25) is 4.79 Å². The Bertz CT molecular complexity index is 400. The van der Waals surface area contributed by atoms with Gasteiger partial charge in [0, 0.05) is 18.8 Å². The maximum absolute atomic E-state index is 12.0. The number of anilines is 1. The summed E-state index contributed by atoms with van der Waals surface area (Å²) < 4.78 is 5.16. The highest BCUT2D eigenvalue weighted by Crippen LogP contribution is 2.21. The molecule has 0 bridgehead atoms. The minimum absolute atomic E-state index is 0.0364. The van der Waals surface area contributed by atoms with Crippen molar-refractivity contribution in [1.29, 1.82) is 0 Å². The van der Waals surface area contributed by atoms with Crippen LogP contribution in [0.4, 0.5) is 5.69 Å². The molecular formula is C11H14N2O3. The van der Waals surface area contributed by atoms with Crippen molar-refractivity contribution >= 4 is 11.6 Å². The third kappa shape index (κ3) is 2.09. The fourth-order valence-electron chi connectivity index (χ4n) is 1.66.